The van der Waals surface area contributed by atoms with Gasteiger partial charge in [-0.1, -0.05) is 17.8 Å². The SMILES string of the molecule is Cc1ccc(F)cc1NC(=O)CSc1ncc(S(=O)(=O)c2ccc(Br)s2)c(N)n1. The number of nitrogens with zero attached hydrogens (tertiary/aromatic N) is 2. The topological polar surface area (TPSA) is 115 Å². The van der Waals surface area contributed by atoms with Crippen LogP contribution in [0.25, 0.3) is 0 Å². The van der Waals surface area contributed by atoms with E-state index in [0.29, 0.717) is 9.47 Å². The van der Waals surface area contributed by atoms with Crippen LogP contribution >= 0.6 is 39.0 Å². The average molecular weight is 517 g/mol. The van der Waals surface area contributed by atoms with Crippen molar-refractivity contribution in [2.75, 3.05) is 16.8 Å². The van der Waals surface area contributed by atoms with Gasteiger partial charge in [0.25, 0.3) is 0 Å². The number of rotatable bonds is 6. The highest BCUT2D eigenvalue weighted by molar-refractivity contribution is 9.11. The molecule has 3 aromatic rings. The van der Waals surface area contributed by atoms with E-state index in [1.807, 2.05) is 0 Å². The molecule has 1 amide bonds. The Labute approximate surface area is 183 Å². The number of benzene rings is 1. The second kappa shape index (κ2) is 8.78. The van der Waals surface area contributed by atoms with Gasteiger partial charge >= 0.3 is 0 Å². The Morgan fingerprint density at radius 3 is 2.76 bits per heavy atom. The number of anilines is 2. The van der Waals surface area contributed by atoms with Crippen molar-refractivity contribution >= 4 is 66.3 Å². The molecule has 2 heterocycles. The van der Waals surface area contributed by atoms with Crippen LogP contribution in [-0.4, -0.2) is 30.0 Å². The third-order valence-electron chi connectivity index (χ3n) is 3.67. The van der Waals surface area contributed by atoms with Crippen LogP contribution in [0.4, 0.5) is 15.9 Å². The van der Waals surface area contributed by atoms with E-state index >= 15 is 0 Å². The minimum absolute atomic E-state index is 0.0562. The van der Waals surface area contributed by atoms with E-state index in [0.717, 1.165) is 34.9 Å². The van der Waals surface area contributed by atoms with Crippen LogP contribution in [0.15, 0.2) is 54.6 Å². The summed E-state index contributed by atoms with van der Waals surface area (Å²) in [6.45, 7) is 1.75. The first-order valence-corrected chi connectivity index (χ1v) is 12.1. The molecule has 0 aliphatic heterocycles. The highest BCUT2D eigenvalue weighted by Crippen LogP contribution is 2.32. The van der Waals surface area contributed by atoms with Gasteiger partial charge in [-0.3, -0.25) is 4.79 Å². The number of carbonyl (C=O) groups excluding carboxylic acids is 1. The molecular weight excluding hydrogens is 503 g/mol. The van der Waals surface area contributed by atoms with Crippen LogP contribution in [0.3, 0.4) is 0 Å². The van der Waals surface area contributed by atoms with E-state index in [1.54, 1.807) is 19.1 Å². The number of nitrogen functional groups attached to an aromatic ring is 1. The molecule has 12 heteroatoms. The largest absolute Gasteiger partial charge is 0.382 e. The van der Waals surface area contributed by atoms with Gasteiger partial charge in [0, 0.05) is 5.69 Å². The lowest BCUT2D eigenvalue weighted by Gasteiger charge is -2.09. The number of amides is 1. The number of halogens is 2. The summed E-state index contributed by atoms with van der Waals surface area (Å²) in [5, 5.41) is 2.76. The molecule has 0 bridgehead atoms. The number of nitrogens with one attached hydrogen (secondary N) is 1. The molecule has 0 radical (unpaired) electrons. The Balaban J connectivity index is 1.69. The second-order valence-corrected chi connectivity index (χ2v) is 11.3. The maximum atomic E-state index is 13.3. The number of hydrogen-bond acceptors (Lipinski definition) is 8. The number of hydrogen-bond donors (Lipinski definition) is 2. The van der Waals surface area contributed by atoms with Crippen LogP contribution in [0, 0.1) is 12.7 Å². The monoisotopic (exact) mass is 516 g/mol. The van der Waals surface area contributed by atoms with Gasteiger partial charge in [-0.2, -0.15) is 0 Å². The lowest BCUT2D eigenvalue weighted by molar-refractivity contribution is -0.113. The van der Waals surface area contributed by atoms with Crippen LogP contribution in [0.5, 0.6) is 0 Å². The summed E-state index contributed by atoms with van der Waals surface area (Å²) >= 11 is 5.26. The van der Waals surface area contributed by atoms with Gasteiger partial charge in [-0.25, -0.2) is 22.8 Å². The smallest absolute Gasteiger partial charge is 0.234 e. The van der Waals surface area contributed by atoms with Gasteiger partial charge in [-0.05, 0) is 52.7 Å². The van der Waals surface area contributed by atoms with Crippen molar-refractivity contribution in [2.24, 2.45) is 0 Å². The summed E-state index contributed by atoms with van der Waals surface area (Å²) in [7, 11) is -3.83. The van der Waals surface area contributed by atoms with Crippen molar-refractivity contribution in [3.63, 3.8) is 0 Å². The molecule has 29 heavy (non-hydrogen) atoms. The quantitative estimate of drug-likeness (QED) is 0.377. The van der Waals surface area contributed by atoms with Crippen molar-refractivity contribution in [1.29, 1.82) is 0 Å². The molecule has 152 valence electrons. The van der Waals surface area contributed by atoms with Crippen LogP contribution in [0.2, 0.25) is 0 Å². The predicted octanol–water partition coefficient (Wildman–Crippen LogP) is 3.89. The van der Waals surface area contributed by atoms with Crippen LogP contribution in [0.1, 0.15) is 5.56 Å². The predicted molar refractivity (Wildman–Crippen MR) is 114 cm³/mol. The number of carbonyl (C=O) groups is 1. The first-order valence-electron chi connectivity index (χ1n) is 7.98. The fraction of sp³-hybridized carbons (Fsp3) is 0.118. The minimum Gasteiger partial charge on any atom is -0.382 e. The first-order chi connectivity index (χ1) is 13.7. The van der Waals surface area contributed by atoms with Crippen molar-refractivity contribution in [2.45, 2.75) is 21.2 Å². The Morgan fingerprint density at radius 2 is 2.10 bits per heavy atom. The molecule has 0 atom stereocenters. The number of aromatic nitrogens is 2. The molecule has 3 N–H and O–H groups in total. The molecule has 3 rings (SSSR count). The van der Waals surface area contributed by atoms with E-state index in [9.17, 15) is 17.6 Å². The van der Waals surface area contributed by atoms with E-state index in [-0.39, 0.29) is 31.7 Å². The number of thioether (sulfide) groups is 1. The van der Waals surface area contributed by atoms with Crippen molar-refractivity contribution in [3.8, 4) is 0 Å². The number of nitrogens with two attached hydrogens (primary N) is 1. The van der Waals surface area contributed by atoms with E-state index in [4.69, 9.17) is 5.73 Å². The van der Waals surface area contributed by atoms with Crippen LogP contribution < -0.4 is 11.1 Å². The Hall–Kier alpha value is -2.02. The number of thiophene rings is 1. The van der Waals surface area contributed by atoms with E-state index in [1.165, 1.54) is 18.2 Å². The maximum absolute atomic E-state index is 13.3. The Morgan fingerprint density at radius 1 is 1.34 bits per heavy atom. The first kappa shape index (κ1) is 21.7. The zero-order chi connectivity index (χ0) is 21.2. The highest BCUT2D eigenvalue weighted by atomic mass is 79.9. The molecule has 7 nitrogen and oxygen atoms in total. The fourth-order valence-electron chi connectivity index (χ4n) is 2.24. The summed E-state index contributed by atoms with van der Waals surface area (Å²) in [4.78, 5) is 19.9. The van der Waals surface area contributed by atoms with Gasteiger partial charge in [0.1, 0.15) is 20.7 Å². The standard InChI is InChI=1S/C17H14BrFN4O3S3/c1-9-2-3-10(19)6-11(9)22-14(24)8-27-17-21-7-12(16(20)23-17)29(25,26)15-5-4-13(18)28-15/h2-7H,8H2,1H3,(H,22,24)(H2,20,21,23). The second-order valence-electron chi connectivity index (χ2n) is 5.76. The average Bonchev–Trinajstić information content (AvgIpc) is 3.10. The van der Waals surface area contributed by atoms with E-state index in [2.05, 4.69) is 31.2 Å². The summed E-state index contributed by atoms with van der Waals surface area (Å²) in [6, 6.07) is 7.19. The Kier molecular flexibility index (Phi) is 6.56. The van der Waals surface area contributed by atoms with E-state index < -0.39 is 15.7 Å². The molecule has 0 aliphatic carbocycles. The third kappa shape index (κ3) is 5.13. The number of aryl methyl sites for hydroxylation is 1. The summed E-state index contributed by atoms with van der Waals surface area (Å²) < 4.78 is 39.4. The maximum Gasteiger partial charge on any atom is 0.234 e. The summed E-state index contributed by atoms with van der Waals surface area (Å²) in [5.74, 6) is -1.09. The lowest BCUT2D eigenvalue weighted by Crippen LogP contribution is -2.15. The van der Waals surface area contributed by atoms with Gasteiger partial charge < -0.3 is 11.1 Å². The summed E-state index contributed by atoms with van der Waals surface area (Å²) in [5.41, 5.74) is 6.92. The molecule has 0 saturated carbocycles. The van der Waals surface area contributed by atoms with Gasteiger partial charge in [0.2, 0.25) is 15.7 Å². The Bertz CT molecular complexity index is 1180. The highest BCUT2D eigenvalue weighted by Gasteiger charge is 2.24. The molecule has 0 fully saturated rings. The molecule has 0 aliphatic rings. The molecule has 2 aromatic heterocycles. The fourth-order valence-corrected chi connectivity index (χ4v) is 6.26. The number of sulfone groups is 1. The molecule has 1 aromatic carbocycles. The van der Waals surface area contributed by atoms with Gasteiger partial charge in [0.05, 0.1) is 15.7 Å². The zero-order valence-electron chi connectivity index (χ0n) is 14.8. The van der Waals surface area contributed by atoms with Gasteiger partial charge in [-0.15, -0.1) is 11.3 Å². The molecular formula is C17H14BrFN4O3S3. The molecule has 0 unspecified atom stereocenters. The molecule has 0 saturated heterocycles. The van der Waals surface area contributed by atoms with Crippen molar-refractivity contribution < 1.29 is 17.6 Å². The molecule has 0 spiro atoms. The third-order valence-corrected chi connectivity index (χ3v) is 8.42. The van der Waals surface area contributed by atoms with Gasteiger partial charge in [0.15, 0.2) is 5.16 Å². The lowest BCUT2D eigenvalue weighted by atomic mass is 10.2. The minimum atomic E-state index is -3.83. The van der Waals surface area contributed by atoms with Crippen LogP contribution in [-0.2, 0) is 14.6 Å². The normalized spacial score (nSPS) is 11.4. The zero-order valence-corrected chi connectivity index (χ0v) is 18.9. The summed E-state index contributed by atoms with van der Waals surface area (Å²) in [6.07, 6.45) is 1.13. The van der Waals surface area contributed by atoms with Crippen molar-refractivity contribution in [1.82, 2.24) is 9.97 Å². The van der Waals surface area contributed by atoms with Crippen molar-refractivity contribution in [3.05, 3.63) is 51.7 Å².